The molecule has 4 rings (SSSR count). The summed E-state index contributed by atoms with van der Waals surface area (Å²) in [7, 11) is 0. The molecule has 0 spiro atoms. The van der Waals surface area contributed by atoms with Gasteiger partial charge in [-0.3, -0.25) is 0 Å². The predicted octanol–water partition coefficient (Wildman–Crippen LogP) is 3.64. The molecule has 4 aromatic rings. The molecule has 0 amide bonds. The van der Waals surface area contributed by atoms with E-state index < -0.39 is 0 Å². The Hall–Kier alpha value is -3.08. The smallest absolute Gasteiger partial charge is 0.336 e. The van der Waals surface area contributed by atoms with Crippen LogP contribution in [-0.4, -0.2) is 9.38 Å². The summed E-state index contributed by atoms with van der Waals surface area (Å²) in [6, 6.07) is 11.0. The molecular weight excluding hydrogens is 304 g/mol. The van der Waals surface area contributed by atoms with Crippen molar-refractivity contribution in [1.82, 2.24) is 9.38 Å². The Labute approximate surface area is 138 Å². The molecule has 0 bridgehead atoms. The van der Waals surface area contributed by atoms with E-state index in [0.29, 0.717) is 17.9 Å². The van der Waals surface area contributed by atoms with Gasteiger partial charge in [0, 0.05) is 29.9 Å². The van der Waals surface area contributed by atoms with Gasteiger partial charge in [-0.1, -0.05) is 6.07 Å². The number of rotatable bonds is 3. The molecule has 0 aliphatic rings. The summed E-state index contributed by atoms with van der Waals surface area (Å²) < 4.78 is 13.0. The molecule has 0 N–H and O–H groups in total. The van der Waals surface area contributed by atoms with Gasteiger partial charge < -0.3 is 13.6 Å². The number of benzene rings is 1. The van der Waals surface area contributed by atoms with E-state index in [-0.39, 0.29) is 5.63 Å². The summed E-state index contributed by atoms with van der Waals surface area (Å²) in [5.41, 5.74) is 3.97. The van der Waals surface area contributed by atoms with Crippen molar-refractivity contribution >= 4 is 16.6 Å². The molecule has 0 aliphatic carbocycles. The minimum atomic E-state index is -0.354. The average molecular weight is 320 g/mol. The maximum atomic E-state index is 11.5. The standard InChI is InChI=1S/C19H16N2O3/c1-12-3-6-18-20-14(10-21(18)9-12)11-23-15-4-5-16-13(2)7-19(22)24-17(16)8-15/h3-10H,11H2,1-2H3. The molecular formula is C19H16N2O3. The van der Waals surface area contributed by atoms with Crippen LogP contribution in [0.2, 0.25) is 0 Å². The van der Waals surface area contributed by atoms with Gasteiger partial charge >= 0.3 is 5.63 Å². The highest BCUT2D eigenvalue weighted by molar-refractivity contribution is 5.81. The van der Waals surface area contributed by atoms with Crippen LogP contribution in [0.4, 0.5) is 0 Å². The fourth-order valence-corrected chi connectivity index (χ4v) is 2.78. The van der Waals surface area contributed by atoms with Crippen LogP contribution in [0.15, 0.2) is 58.0 Å². The molecule has 0 fully saturated rings. The average Bonchev–Trinajstić information content (AvgIpc) is 2.94. The Morgan fingerprint density at radius 3 is 2.88 bits per heavy atom. The number of fused-ring (bicyclic) bond motifs is 2. The maximum Gasteiger partial charge on any atom is 0.336 e. The lowest BCUT2D eigenvalue weighted by Crippen LogP contribution is -1.99. The van der Waals surface area contributed by atoms with Crippen molar-refractivity contribution in [3.63, 3.8) is 0 Å². The first-order chi connectivity index (χ1) is 11.6. The van der Waals surface area contributed by atoms with Crippen LogP contribution >= 0.6 is 0 Å². The second kappa shape index (κ2) is 5.53. The molecule has 0 atom stereocenters. The minimum absolute atomic E-state index is 0.349. The molecule has 0 aliphatic heterocycles. The van der Waals surface area contributed by atoms with Crippen LogP contribution in [0.25, 0.3) is 16.6 Å². The number of hydrogen-bond donors (Lipinski definition) is 0. The lowest BCUT2D eigenvalue weighted by Gasteiger charge is -2.06. The molecule has 5 nitrogen and oxygen atoms in total. The van der Waals surface area contributed by atoms with E-state index in [2.05, 4.69) is 4.98 Å². The summed E-state index contributed by atoms with van der Waals surface area (Å²) in [6.07, 6.45) is 3.98. The van der Waals surface area contributed by atoms with E-state index in [1.54, 1.807) is 6.07 Å². The van der Waals surface area contributed by atoms with Crippen LogP contribution in [0.1, 0.15) is 16.8 Å². The topological polar surface area (TPSA) is 56.7 Å². The number of ether oxygens (including phenoxy) is 1. The number of pyridine rings is 1. The van der Waals surface area contributed by atoms with E-state index in [1.165, 1.54) is 11.6 Å². The Morgan fingerprint density at radius 2 is 2.00 bits per heavy atom. The van der Waals surface area contributed by atoms with Crippen LogP contribution in [0.5, 0.6) is 5.75 Å². The fourth-order valence-electron chi connectivity index (χ4n) is 2.78. The summed E-state index contributed by atoms with van der Waals surface area (Å²) in [6.45, 7) is 4.28. The Kier molecular flexibility index (Phi) is 3.34. The van der Waals surface area contributed by atoms with E-state index in [4.69, 9.17) is 9.15 Å². The van der Waals surface area contributed by atoms with Crippen molar-refractivity contribution in [3.05, 3.63) is 76.0 Å². The number of nitrogens with zero attached hydrogens (tertiary/aromatic N) is 2. The van der Waals surface area contributed by atoms with Crippen LogP contribution in [0.3, 0.4) is 0 Å². The van der Waals surface area contributed by atoms with Crippen molar-refractivity contribution in [1.29, 1.82) is 0 Å². The molecule has 0 saturated heterocycles. The molecule has 3 aromatic heterocycles. The lowest BCUT2D eigenvalue weighted by atomic mass is 10.1. The van der Waals surface area contributed by atoms with E-state index in [1.807, 2.05) is 54.9 Å². The highest BCUT2D eigenvalue weighted by Gasteiger charge is 2.06. The first-order valence-electron chi connectivity index (χ1n) is 7.70. The van der Waals surface area contributed by atoms with Gasteiger partial charge in [-0.25, -0.2) is 9.78 Å². The second-order valence-corrected chi connectivity index (χ2v) is 5.90. The summed E-state index contributed by atoms with van der Waals surface area (Å²) in [5.74, 6) is 0.643. The highest BCUT2D eigenvalue weighted by atomic mass is 16.5. The van der Waals surface area contributed by atoms with Crippen molar-refractivity contribution in [2.45, 2.75) is 20.5 Å². The van der Waals surface area contributed by atoms with Crippen LogP contribution < -0.4 is 10.4 Å². The van der Waals surface area contributed by atoms with Gasteiger partial charge in [-0.15, -0.1) is 0 Å². The van der Waals surface area contributed by atoms with E-state index >= 15 is 0 Å². The van der Waals surface area contributed by atoms with Gasteiger partial charge in [0.05, 0.1) is 5.69 Å². The number of aryl methyl sites for hydroxylation is 2. The van der Waals surface area contributed by atoms with Gasteiger partial charge in [0.15, 0.2) is 0 Å². The monoisotopic (exact) mass is 320 g/mol. The second-order valence-electron chi connectivity index (χ2n) is 5.90. The van der Waals surface area contributed by atoms with Crippen molar-refractivity contribution in [2.75, 3.05) is 0 Å². The zero-order chi connectivity index (χ0) is 16.7. The largest absolute Gasteiger partial charge is 0.487 e. The highest BCUT2D eigenvalue weighted by Crippen LogP contribution is 2.23. The van der Waals surface area contributed by atoms with Gasteiger partial charge in [-0.05, 0) is 43.2 Å². The van der Waals surface area contributed by atoms with Crippen molar-refractivity contribution in [3.8, 4) is 5.75 Å². The predicted molar refractivity (Wildman–Crippen MR) is 91.5 cm³/mol. The molecule has 0 unspecified atom stereocenters. The Morgan fingerprint density at radius 1 is 1.12 bits per heavy atom. The molecule has 0 radical (unpaired) electrons. The molecule has 1 aromatic carbocycles. The van der Waals surface area contributed by atoms with Gasteiger partial charge in [0.25, 0.3) is 0 Å². The van der Waals surface area contributed by atoms with E-state index in [9.17, 15) is 4.79 Å². The van der Waals surface area contributed by atoms with Crippen LogP contribution in [0, 0.1) is 13.8 Å². The van der Waals surface area contributed by atoms with Gasteiger partial charge in [0.1, 0.15) is 23.6 Å². The summed E-state index contributed by atoms with van der Waals surface area (Å²) in [5, 5.41) is 0.908. The van der Waals surface area contributed by atoms with E-state index in [0.717, 1.165) is 22.3 Å². The molecule has 3 heterocycles. The minimum Gasteiger partial charge on any atom is -0.487 e. The zero-order valence-corrected chi connectivity index (χ0v) is 13.4. The third-order valence-corrected chi connectivity index (χ3v) is 3.96. The summed E-state index contributed by atoms with van der Waals surface area (Å²) in [4.78, 5) is 16.0. The molecule has 5 heteroatoms. The molecule has 120 valence electrons. The number of hydrogen-bond acceptors (Lipinski definition) is 4. The lowest BCUT2D eigenvalue weighted by molar-refractivity contribution is 0.302. The SMILES string of the molecule is Cc1ccc2nc(COc3ccc4c(C)cc(=O)oc4c3)cn2c1. The normalized spacial score (nSPS) is 11.2. The van der Waals surface area contributed by atoms with Crippen molar-refractivity contribution in [2.24, 2.45) is 0 Å². The number of aromatic nitrogens is 2. The first kappa shape index (κ1) is 14.5. The Bertz CT molecular complexity index is 1110. The number of imidazole rings is 1. The quantitative estimate of drug-likeness (QED) is 0.541. The maximum absolute atomic E-state index is 11.5. The zero-order valence-electron chi connectivity index (χ0n) is 13.4. The van der Waals surface area contributed by atoms with Gasteiger partial charge in [0.2, 0.25) is 0 Å². The van der Waals surface area contributed by atoms with Gasteiger partial charge in [-0.2, -0.15) is 0 Å². The molecule has 0 saturated carbocycles. The first-order valence-corrected chi connectivity index (χ1v) is 7.70. The fraction of sp³-hybridized carbons (Fsp3) is 0.158. The third kappa shape index (κ3) is 2.65. The summed E-state index contributed by atoms with van der Waals surface area (Å²) >= 11 is 0. The molecule has 24 heavy (non-hydrogen) atoms. The Balaban J connectivity index is 1.60. The van der Waals surface area contributed by atoms with Crippen molar-refractivity contribution < 1.29 is 9.15 Å². The third-order valence-electron chi connectivity index (χ3n) is 3.96. The van der Waals surface area contributed by atoms with Crippen LogP contribution in [-0.2, 0) is 6.61 Å².